The summed E-state index contributed by atoms with van der Waals surface area (Å²) in [5.41, 5.74) is 6.35. The zero-order valence-electron chi connectivity index (χ0n) is 7.39. The van der Waals surface area contributed by atoms with Crippen LogP contribution in [-0.2, 0) is 0 Å². The lowest BCUT2D eigenvalue weighted by atomic mass is 10.2. The predicted octanol–water partition coefficient (Wildman–Crippen LogP) is 0.979. The Kier molecular flexibility index (Phi) is 3.30. The first-order valence-electron chi connectivity index (χ1n) is 3.92. The van der Waals surface area contributed by atoms with Gasteiger partial charge in [0.2, 0.25) is 0 Å². The number of nitrogen functional groups attached to an aromatic ring is 1. The fourth-order valence-corrected chi connectivity index (χ4v) is 0.866. The molecule has 3 N–H and O–H groups in total. The second-order valence-corrected chi connectivity index (χ2v) is 2.57. The minimum absolute atomic E-state index is 0.335. The van der Waals surface area contributed by atoms with E-state index in [0.717, 1.165) is 0 Å². The van der Waals surface area contributed by atoms with Crippen molar-refractivity contribution in [3.63, 3.8) is 0 Å². The lowest BCUT2D eigenvalue weighted by Crippen LogP contribution is -2.04. The minimum Gasteiger partial charge on any atom is -0.399 e. The Morgan fingerprint density at radius 2 is 2.31 bits per heavy atom. The Balaban J connectivity index is 2.89. The SMILES string of the molecule is CNCC#Cc1cc(N)ccc1F. The van der Waals surface area contributed by atoms with Crippen LogP contribution in [0.25, 0.3) is 0 Å². The number of nitrogens with one attached hydrogen (secondary N) is 1. The number of hydrogen-bond acceptors (Lipinski definition) is 2. The molecule has 1 aromatic carbocycles. The molecule has 0 spiro atoms. The van der Waals surface area contributed by atoms with Crippen LogP contribution < -0.4 is 11.1 Å². The summed E-state index contributed by atoms with van der Waals surface area (Å²) in [5.74, 6) is 5.11. The van der Waals surface area contributed by atoms with E-state index < -0.39 is 0 Å². The van der Waals surface area contributed by atoms with Gasteiger partial charge in [-0.3, -0.25) is 0 Å². The molecule has 13 heavy (non-hydrogen) atoms. The van der Waals surface area contributed by atoms with Crippen LogP contribution in [0.5, 0.6) is 0 Å². The van der Waals surface area contributed by atoms with Gasteiger partial charge in [-0.1, -0.05) is 11.8 Å². The summed E-state index contributed by atoms with van der Waals surface area (Å²) < 4.78 is 13.0. The Morgan fingerprint density at radius 3 is 3.00 bits per heavy atom. The van der Waals surface area contributed by atoms with Crippen LogP contribution in [0.4, 0.5) is 10.1 Å². The molecule has 0 atom stereocenters. The van der Waals surface area contributed by atoms with Gasteiger partial charge in [-0.05, 0) is 25.2 Å². The molecule has 0 bridgehead atoms. The van der Waals surface area contributed by atoms with Crippen LogP contribution in [0.1, 0.15) is 5.56 Å². The normalized spacial score (nSPS) is 9.08. The third-order valence-electron chi connectivity index (χ3n) is 1.48. The molecule has 0 aliphatic rings. The molecule has 0 heterocycles. The molecule has 3 heteroatoms. The van der Waals surface area contributed by atoms with Gasteiger partial charge in [0.15, 0.2) is 0 Å². The molecule has 0 aliphatic carbocycles. The largest absolute Gasteiger partial charge is 0.399 e. The van der Waals surface area contributed by atoms with Gasteiger partial charge in [-0.25, -0.2) is 4.39 Å². The Hall–Kier alpha value is -1.53. The summed E-state index contributed by atoms with van der Waals surface area (Å²) in [6, 6.07) is 4.36. The van der Waals surface area contributed by atoms with E-state index in [-0.39, 0.29) is 5.82 Å². The van der Waals surface area contributed by atoms with Crippen molar-refractivity contribution in [3.05, 3.63) is 29.6 Å². The van der Waals surface area contributed by atoms with Gasteiger partial charge in [0.05, 0.1) is 12.1 Å². The molecule has 0 aliphatic heterocycles. The van der Waals surface area contributed by atoms with Gasteiger partial charge in [0.1, 0.15) is 5.82 Å². The molecule has 0 unspecified atom stereocenters. The van der Waals surface area contributed by atoms with Crippen molar-refractivity contribution in [3.8, 4) is 11.8 Å². The van der Waals surface area contributed by atoms with Gasteiger partial charge in [0.25, 0.3) is 0 Å². The van der Waals surface area contributed by atoms with Crippen molar-refractivity contribution in [2.75, 3.05) is 19.3 Å². The van der Waals surface area contributed by atoms with Crippen molar-refractivity contribution in [2.24, 2.45) is 0 Å². The standard InChI is InChI=1S/C10H11FN2/c1-13-6-2-3-8-7-9(12)4-5-10(8)11/h4-5,7,13H,6,12H2,1H3. The maximum atomic E-state index is 13.0. The minimum atomic E-state index is -0.335. The average molecular weight is 178 g/mol. The summed E-state index contributed by atoms with van der Waals surface area (Å²) in [4.78, 5) is 0. The number of hydrogen-bond donors (Lipinski definition) is 2. The smallest absolute Gasteiger partial charge is 0.138 e. The van der Waals surface area contributed by atoms with Gasteiger partial charge in [-0.2, -0.15) is 0 Å². The van der Waals surface area contributed by atoms with Crippen LogP contribution >= 0.6 is 0 Å². The van der Waals surface area contributed by atoms with Crippen LogP contribution in [0.2, 0.25) is 0 Å². The molecule has 1 aromatic rings. The highest BCUT2D eigenvalue weighted by molar-refractivity contribution is 5.47. The van der Waals surface area contributed by atoms with Crippen LogP contribution in [0.3, 0.4) is 0 Å². The van der Waals surface area contributed by atoms with Gasteiger partial charge < -0.3 is 11.1 Å². The number of nitrogens with two attached hydrogens (primary N) is 1. The summed E-state index contributed by atoms with van der Waals surface area (Å²) in [7, 11) is 1.78. The fraction of sp³-hybridized carbons (Fsp3) is 0.200. The molecule has 0 saturated carbocycles. The van der Waals surface area contributed by atoms with E-state index in [9.17, 15) is 4.39 Å². The Morgan fingerprint density at radius 1 is 1.54 bits per heavy atom. The molecule has 0 fully saturated rings. The molecule has 0 saturated heterocycles. The van der Waals surface area contributed by atoms with E-state index in [1.54, 1.807) is 7.05 Å². The fourth-order valence-electron chi connectivity index (χ4n) is 0.866. The second kappa shape index (κ2) is 4.48. The zero-order valence-corrected chi connectivity index (χ0v) is 7.39. The molecule has 1 rings (SSSR count). The number of halogens is 1. The van der Waals surface area contributed by atoms with Gasteiger partial charge in [0, 0.05) is 5.69 Å². The highest BCUT2D eigenvalue weighted by atomic mass is 19.1. The zero-order chi connectivity index (χ0) is 9.68. The highest BCUT2D eigenvalue weighted by Gasteiger charge is 1.97. The van der Waals surface area contributed by atoms with E-state index in [0.29, 0.717) is 17.8 Å². The number of rotatable bonds is 1. The first-order chi connectivity index (χ1) is 6.24. The molecule has 0 radical (unpaired) electrons. The highest BCUT2D eigenvalue weighted by Crippen LogP contribution is 2.10. The molecule has 0 amide bonds. The van der Waals surface area contributed by atoms with Crippen molar-refractivity contribution in [1.82, 2.24) is 5.32 Å². The topological polar surface area (TPSA) is 38.0 Å². The van der Waals surface area contributed by atoms with Crippen LogP contribution in [-0.4, -0.2) is 13.6 Å². The molecule has 68 valence electrons. The predicted molar refractivity (Wildman–Crippen MR) is 51.6 cm³/mol. The summed E-state index contributed by atoms with van der Waals surface area (Å²) in [5, 5.41) is 2.84. The quantitative estimate of drug-likeness (QED) is 0.497. The van der Waals surface area contributed by atoms with Crippen molar-refractivity contribution < 1.29 is 4.39 Å². The Labute approximate surface area is 76.9 Å². The summed E-state index contributed by atoms with van der Waals surface area (Å²) in [6.07, 6.45) is 0. The third kappa shape index (κ3) is 2.77. The van der Waals surface area contributed by atoms with E-state index in [4.69, 9.17) is 5.73 Å². The van der Waals surface area contributed by atoms with Crippen molar-refractivity contribution in [1.29, 1.82) is 0 Å². The molecular formula is C10H11FN2. The maximum absolute atomic E-state index is 13.0. The Bertz CT molecular complexity index is 350. The molecule has 2 nitrogen and oxygen atoms in total. The van der Waals surface area contributed by atoms with Crippen molar-refractivity contribution in [2.45, 2.75) is 0 Å². The van der Waals surface area contributed by atoms with Crippen molar-refractivity contribution >= 4 is 5.69 Å². The van der Waals surface area contributed by atoms with E-state index in [1.165, 1.54) is 18.2 Å². The first kappa shape index (κ1) is 9.56. The second-order valence-electron chi connectivity index (χ2n) is 2.57. The summed E-state index contributed by atoms with van der Waals surface area (Å²) in [6.45, 7) is 0.536. The average Bonchev–Trinajstić information content (AvgIpc) is 2.11. The molecular weight excluding hydrogens is 167 g/mol. The molecule has 0 aromatic heterocycles. The lowest BCUT2D eigenvalue weighted by molar-refractivity contribution is 0.624. The van der Waals surface area contributed by atoms with Gasteiger partial charge in [-0.15, -0.1) is 0 Å². The summed E-state index contributed by atoms with van der Waals surface area (Å²) >= 11 is 0. The van der Waals surface area contributed by atoms with Gasteiger partial charge >= 0.3 is 0 Å². The van der Waals surface area contributed by atoms with E-state index in [2.05, 4.69) is 17.2 Å². The van der Waals surface area contributed by atoms with E-state index in [1.807, 2.05) is 0 Å². The third-order valence-corrected chi connectivity index (χ3v) is 1.48. The monoisotopic (exact) mass is 178 g/mol. The van der Waals surface area contributed by atoms with E-state index >= 15 is 0 Å². The van der Waals surface area contributed by atoms with Crippen LogP contribution in [0, 0.1) is 17.7 Å². The number of anilines is 1. The maximum Gasteiger partial charge on any atom is 0.138 e. The number of benzene rings is 1. The first-order valence-corrected chi connectivity index (χ1v) is 3.92. The van der Waals surface area contributed by atoms with Crippen LogP contribution in [0.15, 0.2) is 18.2 Å². The lowest BCUT2D eigenvalue weighted by Gasteiger charge is -1.95.